The number of pyridine rings is 1. The Bertz CT molecular complexity index is 505. The van der Waals surface area contributed by atoms with Crippen LogP contribution >= 0.6 is 33.2 Å². The Balaban J connectivity index is 2.13. The van der Waals surface area contributed by atoms with E-state index in [0.717, 1.165) is 18.2 Å². The summed E-state index contributed by atoms with van der Waals surface area (Å²) in [4.78, 5) is 4.24. The quantitative estimate of drug-likeness (QED) is 0.583. The summed E-state index contributed by atoms with van der Waals surface area (Å²) in [5.41, 5.74) is 1.23. The Hall–Kier alpha value is -0.283. The third-order valence-corrected chi connectivity index (χ3v) is 5.28. The predicted octanol–water partition coefficient (Wildman–Crippen LogP) is 4.82. The highest BCUT2D eigenvalue weighted by Gasteiger charge is 2.23. The van der Waals surface area contributed by atoms with Gasteiger partial charge in [0.1, 0.15) is 0 Å². The molecule has 0 spiro atoms. The molecule has 90 valence electrons. The number of aromatic nitrogens is 1. The van der Waals surface area contributed by atoms with Crippen molar-refractivity contribution in [1.82, 2.24) is 4.98 Å². The fourth-order valence-electron chi connectivity index (χ4n) is 1.86. The summed E-state index contributed by atoms with van der Waals surface area (Å²) in [5, 5.41) is 2.41. The van der Waals surface area contributed by atoms with Crippen LogP contribution in [0.4, 0.5) is 0 Å². The van der Waals surface area contributed by atoms with E-state index < -0.39 is 6.00 Å². The van der Waals surface area contributed by atoms with Crippen LogP contribution < -0.4 is 0 Å². The van der Waals surface area contributed by atoms with Gasteiger partial charge in [0, 0.05) is 17.8 Å². The standard InChI is InChI=1S/C12H12Cl3NSi/c13-17(14,15)7-3-5-11-9-16-8-10-4-1-2-6-12(10)11/h1-2,4,6,8-9H,3,5,7H2. The van der Waals surface area contributed by atoms with E-state index in [1.165, 1.54) is 10.9 Å². The Morgan fingerprint density at radius 3 is 2.59 bits per heavy atom. The normalized spacial score (nSPS) is 11.9. The monoisotopic (exact) mass is 303 g/mol. The Morgan fingerprint density at radius 2 is 1.82 bits per heavy atom. The average Bonchev–Trinajstić information content (AvgIpc) is 2.28. The van der Waals surface area contributed by atoms with E-state index in [-0.39, 0.29) is 0 Å². The molecule has 0 aliphatic heterocycles. The molecule has 0 aliphatic carbocycles. The van der Waals surface area contributed by atoms with Crippen molar-refractivity contribution in [1.29, 1.82) is 0 Å². The molecule has 1 heterocycles. The molecule has 0 amide bonds. The molecule has 2 aromatic rings. The molecule has 1 nitrogen and oxygen atoms in total. The van der Waals surface area contributed by atoms with Crippen LogP contribution in [0.2, 0.25) is 6.04 Å². The molecule has 0 radical (unpaired) electrons. The maximum absolute atomic E-state index is 5.87. The highest BCUT2D eigenvalue weighted by molar-refractivity contribution is 7.64. The molecule has 17 heavy (non-hydrogen) atoms. The zero-order valence-electron chi connectivity index (χ0n) is 9.17. The number of aryl methyl sites for hydroxylation is 1. The third-order valence-electron chi connectivity index (χ3n) is 2.66. The molecule has 0 fully saturated rings. The van der Waals surface area contributed by atoms with E-state index in [9.17, 15) is 0 Å². The van der Waals surface area contributed by atoms with Gasteiger partial charge in [-0.25, -0.2) is 0 Å². The van der Waals surface area contributed by atoms with Crippen LogP contribution in [0.25, 0.3) is 10.8 Å². The molecule has 0 N–H and O–H groups in total. The largest absolute Gasteiger partial charge is 0.341 e. The first-order valence-electron chi connectivity index (χ1n) is 5.45. The van der Waals surface area contributed by atoms with Crippen LogP contribution in [0.1, 0.15) is 12.0 Å². The topological polar surface area (TPSA) is 12.9 Å². The van der Waals surface area contributed by atoms with Gasteiger partial charge in [0.15, 0.2) is 0 Å². The second-order valence-corrected chi connectivity index (χ2v) is 13.3. The van der Waals surface area contributed by atoms with Gasteiger partial charge in [-0.3, -0.25) is 4.98 Å². The molecule has 1 aromatic carbocycles. The maximum Gasteiger partial charge on any atom is 0.341 e. The van der Waals surface area contributed by atoms with E-state index in [0.29, 0.717) is 6.04 Å². The summed E-state index contributed by atoms with van der Waals surface area (Å²) in [6.07, 6.45) is 5.60. The van der Waals surface area contributed by atoms with Crippen molar-refractivity contribution in [3.63, 3.8) is 0 Å². The Kier molecular flexibility index (Phi) is 4.31. The number of rotatable bonds is 4. The van der Waals surface area contributed by atoms with Gasteiger partial charge in [-0.1, -0.05) is 24.3 Å². The zero-order valence-corrected chi connectivity index (χ0v) is 12.4. The first-order valence-corrected chi connectivity index (χ1v) is 10.7. The smallest absolute Gasteiger partial charge is 0.264 e. The molecule has 5 heteroatoms. The highest BCUT2D eigenvalue weighted by atomic mass is 35.8. The van der Waals surface area contributed by atoms with E-state index in [1.807, 2.05) is 24.5 Å². The van der Waals surface area contributed by atoms with Crippen molar-refractivity contribution in [3.05, 3.63) is 42.2 Å². The van der Waals surface area contributed by atoms with E-state index >= 15 is 0 Å². The van der Waals surface area contributed by atoms with Gasteiger partial charge in [0.25, 0.3) is 0 Å². The van der Waals surface area contributed by atoms with Crippen molar-refractivity contribution in [2.24, 2.45) is 0 Å². The number of benzene rings is 1. The van der Waals surface area contributed by atoms with Crippen LogP contribution in [0, 0.1) is 0 Å². The molecule has 1 aromatic heterocycles. The lowest BCUT2D eigenvalue weighted by Gasteiger charge is -2.08. The summed E-state index contributed by atoms with van der Waals surface area (Å²) in [7, 11) is 0. The number of nitrogens with zero attached hydrogens (tertiary/aromatic N) is 1. The number of hydrogen-bond acceptors (Lipinski definition) is 1. The summed E-state index contributed by atoms with van der Waals surface area (Å²) >= 11 is 17.6. The first-order chi connectivity index (χ1) is 8.06. The molecular weight excluding hydrogens is 293 g/mol. The highest BCUT2D eigenvalue weighted by Crippen LogP contribution is 2.28. The van der Waals surface area contributed by atoms with Gasteiger partial charge in [0.05, 0.1) is 0 Å². The van der Waals surface area contributed by atoms with Gasteiger partial charge >= 0.3 is 6.00 Å². The molecule has 0 unspecified atom stereocenters. The maximum atomic E-state index is 5.87. The SMILES string of the molecule is Cl[Si](Cl)(Cl)CCCc1cncc2ccccc12. The van der Waals surface area contributed by atoms with Crippen molar-refractivity contribution < 1.29 is 0 Å². The molecule has 0 saturated heterocycles. The summed E-state index contributed by atoms with van der Waals surface area (Å²) in [5.74, 6) is 0. The predicted molar refractivity (Wildman–Crippen MR) is 78.2 cm³/mol. The van der Waals surface area contributed by atoms with Crippen LogP contribution in [0.3, 0.4) is 0 Å². The second kappa shape index (κ2) is 5.57. The van der Waals surface area contributed by atoms with Crippen LogP contribution in [0.15, 0.2) is 36.7 Å². The number of fused-ring (bicyclic) bond motifs is 1. The number of halogens is 3. The lowest BCUT2D eigenvalue weighted by Crippen LogP contribution is -2.08. The average molecular weight is 305 g/mol. The summed E-state index contributed by atoms with van der Waals surface area (Å²) in [6, 6.07) is 6.44. The van der Waals surface area contributed by atoms with E-state index in [2.05, 4.69) is 17.1 Å². The van der Waals surface area contributed by atoms with Crippen LogP contribution in [-0.2, 0) is 6.42 Å². The zero-order chi connectivity index (χ0) is 12.3. The van der Waals surface area contributed by atoms with Gasteiger partial charge in [-0.2, -0.15) is 0 Å². The minimum atomic E-state index is -2.48. The minimum absolute atomic E-state index is 0.695. The molecular formula is C12H12Cl3NSi. The first kappa shape index (κ1) is 13.2. The fraction of sp³-hybridized carbons (Fsp3) is 0.250. The number of hydrogen-bond donors (Lipinski definition) is 0. The van der Waals surface area contributed by atoms with Gasteiger partial charge in [-0.15, -0.1) is 33.2 Å². The minimum Gasteiger partial charge on any atom is -0.264 e. The van der Waals surface area contributed by atoms with Crippen LogP contribution in [0.5, 0.6) is 0 Å². The third kappa shape index (κ3) is 3.85. The lowest BCUT2D eigenvalue weighted by atomic mass is 10.0. The molecule has 0 aliphatic rings. The van der Waals surface area contributed by atoms with Crippen molar-refractivity contribution >= 4 is 50.0 Å². The summed E-state index contributed by atoms with van der Waals surface area (Å²) in [6.45, 7) is 0. The van der Waals surface area contributed by atoms with Crippen LogP contribution in [-0.4, -0.2) is 11.0 Å². The van der Waals surface area contributed by atoms with Crippen molar-refractivity contribution in [2.75, 3.05) is 0 Å². The Labute approximate surface area is 116 Å². The van der Waals surface area contributed by atoms with Crippen molar-refractivity contribution in [2.45, 2.75) is 18.9 Å². The van der Waals surface area contributed by atoms with Crippen molar-refractivity contribution in [3.8, 4) is 0 Å². The molecule has 0 saturated carbocycles. The summed E-state index contributed by atoms with van der Waals surface area (Å²) < 4.78 is 0. The van der Waals surface area contributed by atoms with E-state index in [4.69, 9.17) is 33.2 Å². The van der Waals surface area contributed by atoms with Gasteiger partial charge in [-0.05, 0) is 29.8 Å². The lowest BCUT2D eigenvalue weighted by molar-refractivity contribution is 0.916. The Morgan fingerprint density at radius 1 is 1.06 bits per heavy atom. The van der Waals surface area contributed by atoms with Gasteiger partial charge in [0.2, 0.25) is 0 Å². The molecule has 0 atom stereocenters. The van der Waals surface area contributed by atoms with Gasteiger partial charge < -0.3 is 0 Å². The van der Waals surface area contributed by atoms with E-state index in [1.54, 1.807) is 0 Å². The second-order valence-electron chi connectivity index (χ2n) is 3.99. The fourth-order valence-corrected chi connectivity index (χ4v) is 3.64. The molecule has 2 rings (SSSR count). The molecule has 0 bridgehead atoms.